The highest BCUT2D eigenvalue weighted by Gasteiger charge is 2.41. The maximum Gasteiger partial charge on any atom is 0.227 e. The number of carbonyl (C=O) groups excluding carboxylic acids is 2. The summed E-state index contributed by atoms with van der Waals surface area (Å²) in [5, 5.41) is 0. The van der Waals surface area contributed by atoms with E-state index >= 15 is 0 Å². The van der Waals surface area contributed by atoms with Crippen LogP contribution in [0.4, 0.5) is 5.69 Å². The van der Waals surface area contributed by atoms with E-state index in [2.05, 4.69) is 0 Å². The first-order valence-electron chi connectivity index (χ1n) is 8.90. The van der Waals surface area contributed by atoms with E-state index in [1.165, 1.54) is 0 Å². The van der Waals surface area contributed by atoms with Crippen LogP contribution in [0.25, 0.3) is 0 Å². The van der Waals surface area contributed by atoms with Gasteiger partial charge in [0.25, 0.3) is 0 Å². The molecule has 1 aromatic rings. The van der Waals surface area contributed by atoms with E-state index in [9.17, 15) is 9.59 Å². The summed E-state index contributed by atoms with van der Waals surface area (Å²) in [5.74, 6) is 0.448. The van der Waals surface area contributed by atoms with E-state index in [4.69, 9.17) is 4.74 Å². The second kappa shape index (κ2) is 6.20. The Morgan fingerprint density at radius 1 is 1.04 bits per heavy atom. The lowest BCUT2D eigenvalue weighted by atomic mass is 9.79. The van der Waals surface area contributed by atoms with Crippen LogP contribution in [0, 0.1) is 5.41 Å². The zero-order chi connectivity index (χ0) is 16.6. The van der Waals surface area contributed by atoms with E-state index in [0.29, 0.717) is 19.4 Å². The van der Waals surface area contributed by atoms with Gasteiger partial charge in [0.2, 0.25) is 11.8 Å². The molecule has 5 nitrogen and oxygen atoms in total. The highest BCUT2D eigenvalue weighted by Crippen LogP contribution is 2.38. The van der Waals surface area contributed by atoms with Gasteiger partial charge in [0.15, 0.2) is 0 Å². The Bertz CT molecular complexity index is 635. The molecule has 2 amide bonds. The lowest BCUT2D eigenvalue weighted by molar-refractivity contribution is -0.138. The summed E-state index contributed by atoms with van der Waals surface area (Å²) >= 11 is 0. The monoisotopic (exact) mass is 328 g/mol. The fourth-order valence-corrected chi connectivity index (χ4v) is 4.14. The van der Waals surface area contributed by atoms with Crippen molar-refractivity contribution in [3.63, 3.8) is 0 Å². The minimum Gasteiger partial charge on any atom is -0.381 e. The van der Waals surface area contributed by atoms with Crippen LogP contribution in [0.3, 0.4) is 0 Å². The molecule has 1 spiro atoms. The van der Waals surface area contributed by atoms with Gasteiger partial charge < -0.3 is 14.5 Å². The van der Waals surface area contributed by atoms with Crippen LogP contribution in [0.15, 0.2) is 24.3 Å². The van der Waals surface area contributed by atoms with Crippen molar-refractivity contribution in [1.82, 2.24) is 4.90 Å². The SMILES string of the molecule is O=C1CC[C@]2(CCOC2)CN1Cc1ccc(N2CCCC2=O)cc1. The molecule has 3 heterocycles. The molecule has 3 aliphatic rings. The highest BCUT2D eigenvalue weighted by atomic mass is 16.5. The molecule has 3 aliphatic heterocycles. The van der Waals surface area contributed by atoms with Crippen LogP contribution >= 0.6 is 0 Å². The van der Waals surface area contributed by atoms with E-state index in [1.54, 1.807) is 0 Å². The number of hydrogen-bond acceptors (Lipinski definition) is 3. The Kier molecular flexibility index (Phi) is 4.04. The number of benzene rings is 1. The lowest BCUT2D eigenvalue weighted by Gasteiger charge is -2.39. The van der Waals surface area contributed by atoms with Gasteiger partial charge in [0.05, 0.1) is 6.61 Å². The number of piperidine rings is 1. The smallest absolute Gasteiger partial charge is 0.227 e. The maximum atomic E-state index is 12.3. The van der Waals surface area contributed by atoms with Crippen LogP contribution < -0.4 is 4.90 Å². The summed E-state index contributed by atoms with van der Waals surface area (Å²) in [6.45, 7) is 3.87. The van der Waals surface area contributed by atoms with Crippen LogP contribution in [0.2, 0.25) is 0 Å². The van der Waals surface area contributed by atoms with Crippen LogP contribution in [-0.2, 0) is 20.9 Å². The molecule has 0 radical (unpaired) electrons. The van der Waals surface area contributed by atoms with Crippen molar-refractivity contribution in [2.75, 3.05) is 31.2 Å². The van der Waals surface area contributed by atoms with Gasteiger partial charge in [-0.2, -0.15) is 0 Å². The van der Waals surface area contributed by atoms with Crippen LogP contribution in [-0.4, -0.2) is 43.0 Å². The Morgan fingerprint density at radius 2 is 1.88 bits per heavy atom. The molecule has 0 unspecified atom stereocenters. The number of anilines is 1. The second-order valence-corrected chi connectivity index (χ2v) is 7.37. The summed E-state index contributed by atoms with van der Waals surface area (Å²) in [6.07, 6.45) is 4.23. The summed E-state index contributed by atoms with van der Waals surface area (Å²) in [7, 11) is 0. The number of rotatable bonds is 3. The van der Waals surface area contributed by atoms with Crippen molar-refractivity contribution in [3.8, 4) is 0 Å². The molecule has 3 fully saturated rings. The van der Waals surface area contributed by atoms with Crippen molar-refractivity contribution in [2.45, 2.75) is 38.6 Å². The van der Waals surface area contributed by atoms with Crippen molar-refractivity contribution < 1.29 is 14.3 Å². The zero-order valence-corrected chi connectivity index (χ0v) is 14.0. The van der Waals surface area contributed by atoms with Gasteiger partial charge in [-0.3, -0.25) is 9.59 Å². The number of amides is 2. The molecule has 5 heteroatoms. The predicted octanol–water partition coefficient (Wildman–Crippen LogP) is 2.34. The molecule has 128 valence electrons. The third kappa shape index (κ3) is 2.93. The third-order valence-corrected chi connectivity index (χ3v) is 5.63. The first-order chi connectivity index (χ1) is 11.7. The third-order valence-electron chi connectivity index (χ3n) is 5.63. The van der Waals surface area contributed by atoms with Gasteiger partial charge in [-0.15, -0.1) is 0 Å². The van der Waals surface area contributed by atoms with Gasteiger partial charge in [-0.05, 0) is 37.0 Å². The van der Waals surface area contributed by atoms with E-state index in [1.807, 2.05) is 34.1 Å². The van der Waals surface area contributed by atoms with Crippen molar-refractivity contribution in [1.29, 1.82) is 0 Å². The Balaban J connectivity index is 1.44. The minimum absolute atomic E-state index is 0.176. The first kappa shape index (κ1) is 15.6. The van der Waals surface area contributed by atoms with Gasteiger partial charge in [-0.25, -0.2) is 0 Å². The second-order valence-electron chi connectivity index (χ2n) is 7.37. The van der Waals surface area contributed by atoms with Crippen molar-refractivity contribution in [3.05, 3.63) is 29.8 Å². The summed E-state index contributed by atoms with van der Waals surface area (Å²) < 4.78 is 5.58. The Hall–Kier alpha value is -1.88. The van der Waals surface area contributed by atoms with Gasteiger partial charge in [0.1, 0.15) is 0 Å². The van der Waals surface area contributed by atoms with Gasteiger partial charge in [-0.1, -0.05) is 12.1 Å². The molecule has 0 saturated carbocycles. The average molecular weight is 328 g/mol. The van der Waals surface area contributed by atoms with E-state index in [0.717, 1.165) is 56.8 Å². The largest absolute Gasteiger partial charge is 0.381 e. The van der Waals surface area contributed by atoms with Crippen molar-refractivity contribution in [2.24, 2.45) is 5.41 Å². The van der Waals surface area contributed by atoms with Crippen LogP contribution in [0.5, 0.6) is 0 Å². The summed E-state index contributed by atoms with van der Waals surface area (Å²) in [6, 6.07) is 8.09. The molecule has 3 saturated heterocycles. The van der Waals surface area contributed by atoms with Crippen LogP contribution in [0.1, 0.15) is 37.7 Å². The maximum absolute atomic E-state index is 12.3. The summed E-state index contributed by atoms with van der Waals surface area (Å²) in [5.41, 5.74) is 2.26. The quantitative estimate of drug-likeness (QED) is 0.856. The lowest BCUT2D eigenvalue weighted by Crippen LogP contribution is -2.46. The van der Waals surface area contributed by atoms with Gasteiger partial charge >= 0.3 is 0 Å². The molecule has 0 N–H and O–H groups in total. The van der Waals surface area contributed by atoms with Gasteiger partial charge in [0, 0.05) is 50.2 Å². The molecule has 0 aliphatic carbocycles. The standard InChI is InChI=1S/C19H24N2O3/c22-17-7-8-19(9-11-24-14-19)13-20(17)12-15-3-5-16(6-4-15)21-10-1-2-18(21)23/h3-6H,1-2,7-14H2/t19-/m0/s1. The summed E-state index contributed by atoms with van der Waals surface area (Å²) in [4.78, 5) is 27.9. The average Bonchev–Trinajstić information content (AvgIpc) is 3.22. The zero-order valence-electron chi connectivity index (χ0n) is 14.0. The van der Waals surface area contributed by atoms with Crippen molar-refractivity contribution >= 4 is 17.5 Å². The fourth-order valence-electron chi connectivity index (χ4n) is 4.14. The van der Waals surface area contributed by atoms with E-state index < -0.39 is 0 Å². The molecular weight excluding hydrogens is 304 g/mol. The fraction of sp³-hybridized carbons (Fsp3) is 0.579. The number of carbonyl (C=O) groups is 2. The molecule has 1 aromatic carbocycles. The number of nitrogens with zero attached hydrogens (tertiary/aromatic N) is 2. The normalized spacial score (nSPS) is 27.5. The molecule has 0 bridgehead atoms. The number of hydrogen-bond donors (Lipinski definition) is 0. The Morgan fingerprint density at radius 3 is 2.54 bits per heavy atom. The minimum atomic E-state index is 0.176. The number of ether oxygens (including phenoxy) is 1. The molecule has 0 aromatic heterocycles. The molecular formula is C19H24N2O3. The highest BCUT2D eigenvalue weighted by molar-refractivity contribution is 5.95. The first-order valence-corrected chi connectivity index (χ1v) is 8.90. The topological polar surface area (TPSA) is 49.9 Å². The molecule has 4 rings (SSSR count). The van der Waals surface area contributed by atoms with E-state index in [-0.39, 0.29) is 17.2 Å². The predicted molar refractivity (Wildman–Crippen MR) is 90.5 cm³/mol. The Labute approximate surface area is 142 Å². The molecule has 24 heavy (non-hydrogen) atoms. The molecule has 1 atom stereocenters. The number of likely N-dealkylation sites (tertiary alicyclic amines) is 1.